The van der Waals surface area contributed by atoms with Crippen molar-refractivity contribution >= 4 is 29.0 Å². The molecule has 0 saturated heterocycles. The Morgan fingerprint density at radius 2 is 1.54 bits per heavy atom. The van der Waals surface area contributed by atoms with Crippen molar-refractivity contribution in [3.8, 4) is 0 Å². The highest BCUT2D eigenvalue weighted by molar-refractivity contribution is 7.80. The van der Waals surface area contributed by atoms with Crippen LogP contribution in [0.15, 0.2) is 84.9 Å². The number of hydrogen-bond donors (Lipinski definition) is 2. The number of carbonyl (C=O) groups is 1. The smallest absolute Gasteiger partial charge is 0.338 e. The van der Waals surface area contributed by atoms with Gasteiger partial charge in [-0.15, -0.1) is 0 Å². The Bertz CT molecular complexity index is 890. The maximum atomic E-state index is 11.9. The van der Waals surface area contributed by atoms with Crippen LogP contribution in [-0.2, 0) is 4.74 Å². The average Bonchev–Trinajstić information content (AvgIpc) is 2.73. The van der Waals surface area contributed by atoms with Crippen molar-refractivity contribution < 1.29 is 9.53 Å². The molecule has 0 amide bonds. The van der Waals surface area contributed by atoms with E-state index in [1.807, 2.05) is 42.5 Å². The third-order valence-electron chi connectivity index (χ3n) is 4.17. The summed E-state index contributed by atoms with van der Waals surface area (Å²) >= 11 is 5.53. The van der Waals surface area contributed by atoms with Crippen LogP contribution in [0, 0.1) is 0 Å². The SMILES string of the molecule is CCOC(=O)c1cccc(NC(=S)NC(c2ccccc2)c2ccccc2)c1. The third kappa shape index (κ3) is 5.18. The molecule has 4 nitrogen and oxygen atoms in total. The topological polar surface area (TPSA) is 50.4 Å². The highest BCUT2D eigenvalue weighted by Crippen LogP contribution is 2.22. The Morgan fingerprint density at radius 1 is 0.929 bits per heavy atom. The minimum absolute atomic E-state index is 0.0874. The first-order valence-corrected chi connectivity index (χ1v) is 9.53. The van der Waals surface area contributed by atoms with E-state index < -0.39 is 0 Å². The number of anilines is 1. The fraction of sp³-hybridized carbons (Fsp3) is 0.130. The number of thiocarbonyl (C=S) groups is 1. The lowest BCUT2D eigenvalue weighted by atomic mass is 9.99. The summed E-state index contributed by atoms with van der Waals surface area (Å²) in [6, 6.07) is 27.3. The minimum Gasteiger partial charge on any atom is -0.462 e. The molecule has 0 heterocycles. The fourth-order valence-corrected chi connectivity index (χ4v) is 3.12. The van der Waals surface area contributed by atoms with Gasteiger partial charge in [0.05, 0.1) is 18.2 Å². The van der Waals surface area contributed by atoms with Gasteiger partial charge >= 0.3 is 5.97 Å². The van der Waals surface area contributed by atoms with E-state index >= 15 is 0 Å². The van der Waals surface area contributed by atoms with Crippen LogP contribution in [-0.4, -0.2) is 17.7 Å². The molecule has 0 spiro atoms. The Hall–Kier alpha value is -3.18. The number of ether oxygens (including phenoxy) is 1. The summed E-state index contributed by atoms with van der Waals surface area (Å²) in [4.78, 5) is 11.9. The van der Waals surface area contributed by atoms with Gasteiger partial charge in [0.15, 0.2) is 5.11 Å². The molecule has 0 radical (unpaired) electrons. The van der Waals surface area contributed by atoms with Crippen LogP contribution in [0.2, 0.25) is 0 Å². The summed E-state index contributed by atoms with van der Waals surface area (Å²) in [5.41, 5.74) is 3.43. The minimum atomic E-state index is -0.350. The molecule has 0 unspecified atom stereocenters. The summed E-state index contributed by atoms with van der Waals surface area (Å²) in [7, 11) is 0. The van der Waals surface area contributed by atoms with Gasteiger partial charge < -0.3 is 15.4 Å². The standard InChI is InChI=1S/C23H22N2O2S/c1-2-27-22(26)19-14-9-15-20(16-19)24-23(28)25-21(17-10-5-3-6-11-17)18-12-7-4-8-13-18/h3-16,21H,2H2,1H3,(H2,24,25,28). The first kappa shape index (κ1) is 19.6. The number of esters is 1. The van der Waals surface area contributed by atoms with Crippen LogP contribution in [0.4, 0.5) is 5.69 Å². The molecular weight excluding hydrogens is 368 g/mol. The van der Waals surface area contributed by atoms with E-state index in [1.54, 1.807) is 25.1 Å². The molecule has 2 N–H and O–H groups in total. The summed E-state index contributed by atoms with van der Waals surface area (Å²) in [6.07, 6.45) is 0. The zero-order chi connectivity index (χ0) is 19.8. The zero-order valence-electron chi connectivity index (χ0n) is 15.6. The number of rotatable bonds is 6. The van der Waals surface area contributed by atoms with E-state index in [9.17, 15) is 4.79 Å². The van der Waals surface area contributed by atoms with Crippen LogP contribution in [0.25, 0.3) is 0 Å². The number of nitrogens with one attached hydrogen (secondary N) is 2. The lowest BCUT2D eigenvalue weighted by molar-refractivity contribution is 0.0526. The molecule has 0 aliphatic rings. The Labute approximate surface area is 170 Å². The van der Waals surface area contributed by atoms with Gasteiger partial charge in [0.2, 0.25) is 0 Å². The summed E-state index contributed by atoms with van der Waals surface area (Å²) in [5.74, 6) is -0.350. The lowest BCUT2D eigenvalue weighted by Gasteiger charge is -2.22. The van der Waals surface area contributed by atoms with Crippen LogP contribution in [0.3, 0.4) is 0 Å². The molecule has 3 rings (SSSR count). The maximum absolute atomic E-state index is 11.9. The summed E-state index contributed by atoms with van der Waals surface area (Å²) < 4.78 is 5.05. The van der Waals surface area contributed by atoms with Crippen LogP contribution in [0.1, 0.15) is 34.5 Å². The fourth-order valence-electron chi connectivity index (χ4n) is 2.89. The van der Waals surface area contributed by atoms with E-state index in [-0.39, 0.29) is 12.0 Å². The van der Waals surface area contributed by atoms with Crippen molar-refractivity contribution in [2.24, 2.45) is 0 Å². The predicted molar refractivity (Wildman–Crippen MR) is 116 cm³/mol. The quantitative estimate of drug-likeness (QED) is 0.461. The van der Waals surface area contributed by atoms with E-state index in [1.165, 1.54) is 0 Å². The first-order valence-electron chi connectivity index (χ1n) is 9.12. The first-order chi connectivity index (χ1) is 13.7. The molecule has 5 heteroatoms. The van der Waals surface area contributed by atoms with Crippen molar-refractivity contribution in [1.29, 1.82) is 0 Å². The van der Waals surface area contributed by atoms with E-state index in [4.69, 9.17) is 17.0 Å². The lowest BCUT2D eigenvalue weighted by Crippen LogP contribution is -2.33. The third-order valence-corrected chi connectivity index (χ3v) is 4.39. The highest BCUT2D eigenvalue weighted by atomic mass is 32.1. The van der Waals surface area contributed by atoms with Crippen molar-refractivity contribution in [3.05, 3.63) is 102 Å². The largest absolute Gasteiger partial charge is 0.462 e. The number of hydrogen-bond acceptors (Lipinski definition) is 3. The second-order valence-electron chi connectivity index (χ2n) is 6.15. The number of carbonyl (C=O) groups excluding carboxylic acids is 1. The Morgan fingerprint density at radius 3 is 2.11 bits per heavy atom. The molecule has 0 fully saturated rings. The van der Waals surface area contributed by atoms with E-state index in [0.717, 1.165) is 16.8 Å². The van der Waals surface area contributed by atoms with Gasteiger partial charge in [0.25, 0.3) is 0 Å². The van der Waals surface area contributed by atoms with Crippen molar-refractivity contribution in [2.45, 2.75) is 13.0 Å². The van der Waals surface area contributed by atoms with Crippen molar-refractivity contribution in [1.82, 2.24) is 5.32 Å². The van der Waals surface area contributed by atoms with Gasteiger partial charge in [-0.2, -0.15) is 0 Å². The van der Waals surface area contributed by atoms with Gasteiger partial charge in [-0.3, -0.25) is 0 Å². The molecule has 28 heavy (non-hydrogen) atoms. The van der Waals surface area contributed by atoms with Crippen molar-refractivity contribution in [3.63, 3.8) is 0 Å². The average molecular weight is 391 g/mol. The summed E-state index contributed by atoms with van der Waals surface area (Å²) in [5, 5.41) is 7.01. The second-order valence-corrected chi connectivity index (χ2v) is 6.56. The van der Waals surface area contributed by atoms with Crippen molar-refractivity contribution in [2.75, 3.05) is 11.9 Å². The number of benzene rings is 3. The van der Waals surface area contributed by atoms with Crippen LogP contribution in [0.5, 0.6) is 0 Å². The van der Waals surface area contributed by atoms with Crippen LogP contribution < -0.4 is 10.6 Å². The summed E-state index contributed by atoms with van der Waals surface area (Å²) in [6.45, 7) is 2.12. The van der Waals surface area contributed by atoms with Gasteiger partial charge in [-0.05, 0) is 48.5 Å². The molecule has 3 aromatic carbocycles. The Kier molecular flexibility index (Phi) is 6.76. The second kappa shape index (κ2) is 9.67. The molecule has 0 aliphatic carbocycles. The molecular formula is C23H22N2O2S. The van der Waals surface area contributed by atoms with Gasteiger partial charge in [0.1, 0.15) is 0 Å². The van der Waals surface area contributed by atoms with E-state index in [2.05, 4.69) is 34.9 Å². The van der Waals surface area contributed by atoms with E-state index in [0.29, 0.717) is 17.3 Å². The molecule has 0 atom stereocenters. The molecule has 0 bridgehead atoms. The molecule has 142 valence electrons. The Balaban J connectivity index is 1.76. The molecule has 0 aliphatic heterocycles. The maximum Gasteiger partial charge on any atom is 0.338 e. The molecule has 0 aromatic heterocycles. The monoisotopic (exact) mass is 390 g/mol. The predicted octanol–water partition coefficient (Wildman–Crippen LogP) is 4.94. The van der Waals surface area contributed by atoms with Crippen LogP contribution >= 0.6 is 12.2 Å². The van der Waals surface area contributed by atoms with Gasteiger partial charge in [0, 0.05) is 5.69 Å². The molecule has 0 saturated carbocycles. The van der Waals surface area contributed by atoms with Gasteiger partial charge in [-0.1, -0.05) is 66.7 Å². The van der Waals surface area contributed by atoms with Gasteiger partial charge in [-0.25, -0.2) is 4.79 Å². The zero-order valence-corrected chi connectivity index (χ0v) is 16.4. The highest BCUT2D eigenvalue weighted by Gasteiger charge is 2.15. The normalized spacial score (nSPS) is 10.4. The molecule has 3 aromatic rings.